The molecule has 1 fully saturated rings. The molecule has 0 spiro atoms. The lowest BCUT2D eigenvalue weighted by atomic mass is 9.91. The largest absolute Gasteiger partial charge is 0.508 e. The van der Waals surface area contributed by atoms with Gasteiger partial charge >= 0.3 is 5.97 Å². The first-order chi connectivity index (χ1) is 12.6. The van der Waals surface area contributed by atoms with Gasteiger partial charge in [0.2, 0.25) is 0 Å². The van der Waals surface area contributed by atoms with Gasteiger partial charge in [0, 0.05) is 17.9 Å². The Morgan fingerprint density at radius 1 is 1.22 bits per heavy atom. The third-order valence-corrected chi connectivity index (χ3v) is 3.86. The minimum absolute atomic E-state index is 0.0670. The summed E-state index contributed by atoms with van der Waals surface area (Å²) >= 11 is 0. The minimum Gasteiger partial charge on any atom is -0.508 e. The van der Waals surface area contributed by atoms with E-state index >= 15 is 0 Å². The molecule has 2 rings (SSSR count). The lowest BCUT2D eigenvalue weighted by Crippen LogP contribution is -2.41. The lowest BCUT2D eigenvalue weighted by molar-refractivity contribution is -0.295. The fourth-order valence-electron chi connectivity index (χ4n) is 2.66. The molecule has 0 bridgehead atoms. The molecule has 6 nitrogen and oxygen atoms in total. The van der Waals surface area contributed by atoms with Crippen molar-refractivity contribution in [1.82, 2.24) is 0 Å². The van der Waals surface area contributed by atoms with E-state index in [1.54, 1.807) is 12.1 Å². The van der Waals surface area contributed by atoms with Gasteiger partial charge in [0.25, 0.3) is 0 Å². The SMILES string of the molecule is CC(C)=O.CC1(C)OCC(CC=CCCC(=O)O)C(c2ccccc2O)O1. The van der Waals surface area contributed by atoms with Crippen LogP contribution in [0.2, 0.25) is 0 Å². The Hall–Kier alpha value is -2.18. The quantitative estimate of drug-likeness (QED) is 0.719. The number of para-hydroxylation sites is 1. The fourth-order valence-corrected chi connectivity index (χ4v) is 2.66. The molecule has 6 heteroatoms. The van der Waals surface area contributed by atoms with Gasteiger partial charge in [-0.3, -0.25) is 4.79 Å². The van der Waals surface area contributed by atoms with Crippen LogP contribution in [0.3, 0.4) is 0 Å². The molecule has 0 aromatic heterocycles. The fraction of sp³-hybridized carbons (Fsp3) is 0.524. The second-order valence-electron chi connectivity index (χ2n) is 7.12. The van der Waals surface area contributed by atoms with E-state index < -0.39 is 11.8 Å². The molecule has 2 unspecified atom stereocenters. The number of allylic oxidation sites excluding steroid dienone is 2. The zero-order chi connectivity index (χ0) is 20.4. The molecule has 1 aromatic carbocycles. The molecule has 1 saturated heterocycles. The number of carbonyl (C=O) groups excluding carboxylic acids is 1. The highest BCUT2D eigenvalue weighted by molar-refractivity contribution is 5.72. The number of phenolic OH excluding ortho intramolecular Hbond substituents is 1. The van der Waals surface area contributed by atoms with Crippen molar-refractivity contribution in [3.05, 3.63) is 42.0 Å². The Bertz CT molecular complexity index is 646. The highest BCUT2D eigenvalue weighted by Crippen LogP contribution is 2.41. The molecule has 27 heavy (non-hydrogen) atoms. The molecule has 2 atom stereocenters. The number of hydrogen-bond acceptors (Lipinski definition) is 5. The number of aliphatic carboxylic acids is 1. The number of carboxylic acid groups (broad SMARTS) is 1. The normalized spacial score (nSPS) is 21.3. The monoisotopic (exact) mass is 378 g/mol. The van der Waals surface area contributed by atoms with Crippen LogP contribution >= 0.6 is 0 Å². The summed E-state index contributed by atoms with van der Waals surface area (Å²) in [4.78, 5) is 20.0. The van der Waals surface area contributed by atoms with Crippen LogP contribution in [0.4, 0.5) is 0 Å². The number of carboxylic acids is 1. The number of Topliss-reactive ketones (excluding diaryl/α,β-unsaturated/α-hetero) is 1. The van der Waals surface area contributed by atoms with Crippen LogP contribution in [0, 0.1) is 5.92 Å². The second-order valence-corrected chi connectivity index (χ2v) is 7.12. The standard InChI is InChI=1S/C18H24O5.C3H6O/c1-18(2)22-12-13(8-4-3-5-11-16(20)21)17(23-18)14-9-6-7-10-15(14)19;1-3(2)4/h3-4,6-7,9-10,13,17,19H,5,8,11-12H2,1-2H3,(H,20,21);1-2H3. The lowest BCUT2D eigenvalue weighted by Gasteiger charge is -2.41. The molecule has 2 N–H and O–H groups in total. The van der Waals surface area contributed by atoms with Crippen LogP contribution in [-0.2, 0) is 19.1 Å². The van der Waals surface area contributed by atoms with Gasteiger partial charge < -0.3 is 24.5 Å². The van der Waals surface area contributed by atoms with Crippen molar-refractivity contribution in [2.24, 2.45) is 5.92 Å². The maximum Gasteiger partial charge on any atom is 0.303 e. The minimum atomic E-state index is -0.798. The summed E-state index contributed by atoms with van der Waals surface area (Å²) < 4.78 is 11.8. The number of hydrogen-bond donors (Lipinski definition) is 2. The van der Waals surface area contributed by atoms with Gasteiger partial charge in [-0.1, -0.05) is 30.4 Å². The summed E-state index contributed by atoms with van der Waals surface area (Å²) in [5.41, 5.74) is 0.757. The predicted octanol–water partition coefficient (Wildman–Crippen LogP) is 4.24. The van der Waals surface area contributed by atoms with Crippen molar-refractivity contribution >= 4 is 11.8 Å². The van der Waals surface area contributed by atoms with E-state index in [9.17, 15) is 14.7 Å². The molecular formula is C21H30O6. The first-order valence-corrected chi connectivity index (χ1v) is 9.06. The summed E-state index contributed by atoms with van der Waals surface area (Å²) in [6, 6.07) is 7.17. The van der Waals surface area contributed by atoms with Crippen molar-refractivity contribution < 1.29 is 29.3 Å². The van der Waals surface area contributed by atoms with Gasteiger partial charge in [-0.25, -0.2) is 0 Å². The van der Waals surface area contributed by atoms with Crippen molar-refractivity contribution in [1.29, 1.82) is 0 Å². The maximum atomic E-state index is 10.5. The Morgan fingerprint density at radius 2 is 1.85 bits per heavy atom. The van der Waals surface area contributed by atoms with Gasteiger partial charge in [-0.2, -0.15) is 0 Å². The van der Waals surface area contributed by atoms with E-state index in [4.69, 9.17) is 14.6 Å². The average molecular weight is 378 g/mol. The van der Waals surface area contributed by atoms with Gasteiger partial charge in [-0.15, -0.1) is 0 Å². The molecule has 0 amide bonds. The number of aromatic hydroxyl groups is 1. The van der Waals surface area contributed by atoms with Crippen LogP contribution in [0.15, 0.2) is 36.4 Å². The molecule has 0 aliphatic carbocycles. The summed E-state index contributed by atoms with van der Waals surface area (Å²) in [5.74, 6) is -1.04. The van der Waals surface area contributed by atoms with Crippen LogP contribution in [0.25, 0.3) is 0 Å². The molecular weight excluding hydrogens is 348 g/mol. The average Bonchev–Trinajstić information content (AvgIpc) is 2.55. The third-order valence-electron chi connectivity index (χ3n) is 3.86. The van der Waals surface area contributed by atoms with Gasteiger partial charge in [0.05, 0.1) is 12.7 Å². The van der Waals surface area contributed by atoms with E-state index in [-0.39, 0.29) is 30.0 Å². The topological polar surface area (TPSA) is 93.1 Å². The Kier molecular flexibility index (Phi) is 9.18. The van der Waals surface area contributed by atoms with Gasteiger partial charge in [0.1, 0.15) is 11.5 Å². The highest BCUT2D eigenvalue weighted by Gasteiger charge is 2.37. The predicted molar refractivity (Wildman–Crippen MR) is 102 cm³/mol. The Morgan fingerprint density at radius 3 is 2.44 bits per heavy atom. The highest BCUT2D eigenvalue weighted by atomic mass is 16.7. The number of ketones is 1. The molecule has 1 aliphatic rings. The zero-order valence-corrected chi connectivity index (χ0v) is 16.5. The van der Waals surface area contributed by atoms with Crippen molar-refractivity contribution in [2.45, 2.75) is 58.8 Å². The summed E-state index contributed by atoms with van der Waals surface area (Å²) in [6.45, 7) is 7.30. The van der Waals surface area contributed by atoms with Gasteiger partial charge in [0.15, 0.2) is 5.79 Å². The van der Waals surface area contributed by atoms with Crippen LogP contribution < -0.4 is 0 Å². The first-order valence-electron chi connectivity index (χ1n) is 9.06. The number of ether oxygens (including phenoxy) is 2. The number of rotatable bonds is 6. The number of phenols is 1. The maximum absolute atomic E-state index is 10.5. The first kappa shape index (κ1) is 22.9. The van der Waals surface area contributed by atoms with E-state index in [0.717, 1.165) is 5.56 Å². The summed E-state index contributed by atoms with van der Waals surface area (Å²) in [7, 11) is 0. The van der Waals surface area contributed by atoms with Crippen molar-refractivity contribution in [3.63, 3.8) is 0 Å². The van der Waals surface area contributed by atoms with Crippen molar-refractivity contribution in [3.8, 4) is 5.75 Å². The van der Waals surface area contributed by atoms with E-state index in [0.29, 0.717) is 19.4 Å². The van der Waals surface area contributed by atoms with Gasteiger partial charge in [-0.05, 0) is 46.6 Å². The number of carbonyl (C=O) groups is 2. The van der Waals surface area contributed by atoms with Crippen LogP contribution in [0.1, 0.15) is 58.6 Å². The van der Waals surface area contributed by atoms with E-state index in [1.165, 1.54) is 13.8 Å². The Labute approximate surface area is 160 Å². The van der Waals surface area contributed by atoms with Crippen molar-refractivity contribution in [2.75, 3.05) is 6.61 Å². The molecule has 1 aromatic rings. The third kappa shape index (κ3) is 8.84. The zero-order valence-electron chi connectivity index (χ0n) is 16.5. The molecule has 1 heterocycles. The van der Waals surface area contributed by atoms with E-state index in [1.807, 2.05) is 38.1 Å². The smallest absolute Gasteiger partial charge is 0.303 e. The van der Waals surface area contributed by atoms with E-state index in [2.05, 4.69) is 0 Å². The summed E-state index contributed by atoms with van der Waals surface area (Å²) in [5, 5.41) is 18.8. The Balaban J connectivity index is 0.000000828. The molecule has 0 saturated carbocycles. The molecule has 150 valence electrons. The summed E-state index contributed by atoms with van der Waals surface area (Å²) in [6.07, 6.45) is 4.92. The van der Waals surface area contributed by atoms with Crippen LogP contribution in [-0.4, -0.2) is 34.4 Å². The second kappa shape index (κ2) is 10.8. The molecule has 0 radical (unpaired) electrons. The molecule has 1 aliphatic heterocycles. The number of benzene rings is 1. The van der Waals surface area contributed by atoms with Crippen LogP contribution in [0.5, 0.6) is 5.75 Å².